The molecule has 0 radical (unpaired) electrons. The third-order valence-electron chi connectivity index (χ3n) is 3.36. The second kappa shape index (κ2) is 35.2. The molecule has 0 atom stereocenters. The number of aliphatic hydroxyl groups is 2. The summed E-state index contributed by atoms with van der Waals surface area (Å²) in [6.07, 6.45) is 1.96. The van der Waals surface area contributed by atoms with E-state index >= 15 is 0 Å². The van der Waals surface area contributed by atoms with Crippen molar-refractivity contribution in [1.29, 1.82) is 0 Å². The topological polar surface area (TPSA) is 170 Å². The molecule has 0 unspecified atom stereocenters. The van der Waals surface area contributed by atoms with E-state index in [1.54, 1.807) is 70.6 Å². The summed E-state index contributed by atoms with van der Waals surface area (Å²) in [6, 6.07) is 0. The molecule has 0 spiro atoms. The molecule has 0 aromatic heterocycles. The minimum Gasteiger partial charge on any atom is -0.447 e. The molecule has 0 bridgehead atoms. The Balaban J connectivity index is 3.26. The Labute approximate surface area is 265 Å². The molecular weight excluding hydrogens is 665 g/mol. The average Bonchev–Trinajstić information content (AvgIpc) is 2.96. The molecule has 0 rings (SSSR count). The second-order valence-electron chi connectivity index (χ2n) is 6.31. The third kappa shape index (κ3) is 34.2. The van der Waals surface area contributed by atoms with E-state index in [1.807, 2.05) is 0 Å². The Kier molecular flexibility index (Phi) is 35.1. The average molecular weight is 703 g/mol. The molecule has 0 aliphatic carbocycles. The van der Waals surface area contributed by atoms with Crippen molar-refractivity contribution in [3.8, 4) is 0 Å². The van der Waals surface area contributed by atoms with Crippen LogP contribution in [-0.4, -0.2) is 130 Å². The fraction of sp³-hybridized carbons (Fsp3) is 0.800. The van der Waals surface area contributed by atoms with Crippen molar-refractivity contribution in [3.05, 3.63) is 0 Å². The highest BCUT2D eigenvalue weighted by Gasteiger charge is 2.02. The van der Waals surface area contributed by atoms with Gasteiger partial charge >= 0.3 is 6.09 Å². The second-order valence-corrected chi connectivity index (χ2v) is 14.1. The minimum atomic E-state index is -0.529. The summed E-state index contributed by atoms with van der Waals surface area (Å²) in [5, 5.41) is 23.2. The largest absolute Gasteiger partial charge is 0.447 e. The molecular formula is C20H38N4O9S7. The van der Waals surface area contributed by atoms with Crippen LogP contribution in [-0.2, 0) is 24.3 Å². The van der Waals surface area contributed by atoms with Crippen molar-refractivity contribution < 1.29 is 44.1 Å². The molecule has 0 heterocycles. The summed E-state index contributed by atoms with van der Waals surface area (Å²) in [5.41, 5.74) is 0. The highest BCUT2D eigenvalue weighted by molar-refractivity contribution is 8.24. The first-order chi connectivity index (χ1) is 19.7. The van der Waals surface area contributed by atoms with E-state index in [0.29, 0.717) is 34.5 Å². The molecule has 2 amide bonds. The number of amides is 2. The van der Waals surface area contributed by atoms with Gasteiger partial charge in [-0.1, -0.05) is 11.8 Å². The lowest BCUT2D eigenvalue weighted by molar-refractivity contribution is -0.221. The van der Waals surface area contributed by atoms with Gasteiger partial charge in [0.2, 0.25) is 12.8 Å². The van der Waals surface area contributed by atoms with Crippen LogP contribution in [0, 0.1) is 0 Å². The molecule has 0 aliphatic heterocycles. The zero-order chi connectivity index (χ0) is 29.2. The van der Waals surface area contributed by atoms with E-state index in [2.05, 4.69) is 35.1 Å². The molecule has 0 saturated heterocycles. The predicted molar refractivity (Wildman–Crippen MR) is 175 cm³/mol. The summed E-state index contributed by atoms with van der Waals surface area (Å²) in [4.78, 5) is 50.1. The van der Waals surface area contributed by atoms with Gasteiger partial charge in [0.15, 0.2) is 0 Å². The maximum atomic E-state index is 11.8. The quantitative estimate of drug-likeness (QED) is 0.0224. The lowest BCUT2D eigenvalue weighted by atomic mass is 10.8. The summed E-state index contributed by atoms with van der Waals surface area (Å²) in [5.74, 6) is 7.88. The Morgan fingerprint density at radius 2 is 1.27 bits per heavy atom. The Morgan fingerprint density at radius 1 is 0.700 bits per heavy atom. The zero-order valence-electron chi connectivity index (χ0n) is 22.0. The molecule has 20 heteroatoms. The molecule has 234 valence electrons. The summed E-state index contributed by atoms with van der Waals surface area (Å²) in [6.45, 7) is -0.174. The van der Waals surface area contributed by atoms with Gasteiger partial charge in [-0.15, -0.1) is 70.6 Å². The molecule has 0 saturated carbocycles. The zero-order valence-corrected chi connectivity index (χ0v) is 27.7. The van der Waals surface area contributed by atoms with Crippen molar-refractivity contribution in [1.82, 2.24) is 10.6 Å². The highest BCUT2D eigenvalue weighted by atomic mass is 32.2. The lowest BCUT2D eigenvalue weighted by Gasteiger charge is -2.05. The van der Waals surface area contributed by atoms with E-state index in [9.17, 15) is 9.59 Å². The van der Waals surface area contributed by atoms with E-state index in [1.165, 1.54) is 24.6 Å². The first-order valence-corrected chi connectivity index (χ1v) is 19.6. The van der Waals surface area contributed by atoms with Gasteiger partial charge in [-0.3, -0.25) is 4.79 Å². The maximum absolute atomic E-state index is 11.8. The van der Waals surface area contributed by atoms with Crippen LogP contribution in [0.4, 0.5) is 9.59 Å². The number of carbonyl (C=O) groups is 2. The highest BCUT2D eigenvalue weighted by Crippen LogP contribution is 2.15. The Morgan fingerprint density at radius 3 is 1.95 bits per heavy atom. The van der Waals surface area contributed by atoms with Gasteiger partial charge in [-0.2, -0.15) is 9.78 Å². The van der Waals surface area contributed by atoms with Gasteiger partial charge in [0, 0.05) is 39.6 Å². The van der Waals surface area contributed by atoms with Gasteiger partial charge < -0.3 is 35.4 Å². The number of nitrogens with one attached hydrogen (secondary N) is 2. The summed E-state index contributed by atoms with van der Waals surface area (Å²) >= 11 is 11.1. The number of hydrogen-bond acceptors (Lipinski definition) is 18. The minimum absolute atomic E-state index is 0.00207. The summed E-state index contributed by atoms with van der Waals surface area (Å²) < 4.78 is 4.67. The number of rotatable bonds is 29. The molecule has 0 aromatic rings. The number of nitrogens with zero attached hydrogens (tertiary/aromatic N) is 2. The first-order valence-electron chi connectivity index (χ1n) is 11.7. The van der Waals surface area contributed by atoms with Crippen LogP contribution in [0.2, 0.25) is 0 Å². The van der Waals surface area contributed by atoms with Gasteiger partial charge in [0.05, 0.1) is 36.7 Å². The Bertz CT molecular complexity index is 647. The van der Waals surface area contributed by atoms with E-state index in [-0.39, 0.29) is 31.7 Å². The monoisotopic (exact) mass is 702 g/mol. The fourth-order valence-corrected chi connectivity index (χ4v) is 7.64. The third-order valence-corrected chi connectivity index (χ3v) is 10.3. The molecule has 0 aromatic carbocycles. The van der Waals surface area contributed by atoms with E-state index in [4.69, 9.17) is 20.0 Å². The van der Waals surface area contributed by atoms with Gasteiger partial charge in [-0.25, -0.2) is 14.8 Å². The van der Waals surface area contributed by atoms with Crippen LogP contribution >= 0.6 is 82.3 Å². The number of hydrogen-bond donors (Lipinski definition) is 4. The van der Waals surface area contributed by atoms with Gasteiger partial charge in [0.25, 0.3) is 5.24 Å². The lowest BCUT2D eigenvalue weighted by Crippen LogP contribution is -2.25. The number of aliphatic hydroxyl groups excluding tert-OH is 2. The van der Waals surface area contributed by atoms with Crippen molar-refractivity contribution >= 4 is 106 Å². The SMILES string of the molecule is O=C(NCSCCSCN=COOCSCCSCSC(=O)NCSCCSCN=COOCCO)OCCO. The number of ether oxygens (including phenoxy) is 1. The van der Waals surface area contributed by atoms with Crippen molar-refractivity contribution in [3.63, 3.8) is 0 Å². The molecule has 4 N–H and O–H groups in total. The van der Waals surface area contributed by atoms with Gasteiger partial charge in [-0.05, 0) is 0 Å². The number of carbonyl (C=O) groups excluding carboxylic acids is 2. The van der Waals surface area contributed by atoms with Crippen LogP contribution in [0.25, 0.3) is 0 Å². The van der Waals surface area contributed by atoms with Crippen LogP contribution in [0.15, 0.2) is 9.98 Å². The molecule has 0 fully saturated rings. The number of thioether (sulfide) groups is 7. The molecule has 13 nitrogen and oxygen atoms in total. The van der Waals surface area contributed by atoms with Crippen molar-refractivity contribution in [2.45, 2.75) is 0 Å². The molecule has 40 heavy (non-hydrogen) atoms. The molecule has 0 aliphatic rings. The first kappa shape index (κ1) is 40.0. The fourth-order valence-electron chi connectivity index (χ4n) is 1.74. The van der Waals surface area contributed by atoms with E-state index < -0.39 is 6.09 Å². The normalized spacial score (nSPS) is 11.2. The van der Waals surface area contributed by atoms with Crippen LogP contribution in [0.1, 0.15) is 0 Å². The van der Waals surface area contributed by atoms with Gasteiger partial charge in [0.1, 0.15) is 19.2 Å². The predicted octanol–water partition coefficient (Wildman–Crippen LogP) is 3.24. The van der Waals surface area contributed by atoms with Crippen molar-refractivity contribution in [2.75, 3.05) is 95.5 Å². The van der Waals surface area contributed by atoms with Crippen LogP contribution in [0.5, 0.6) is 0 Å². The number of aliphatic imine (C=N–C) groups is 2. The van der Waals surface area contributed by atoms with Crippen LogP contribution < -0.4 is 10.6 Å². The number of alkyl carbamates (subject to hydrolysis) is 1. The standard InChI is InChI=1S/C20H38N4O9S7/c25-1-3-29-19(27)23-15-36-7-5-34-14-22-12-32-33-17-38-9-10-39-18-40-20(28)24-16-37-8-6-35-13-21-11-31-30-4-2-26/h11-12,25-26H,1-10,13-18H2,(H,23,27)(H,24,28). The smallest absolute Gasteiger partial charge is 0.407 e. The van der Waals surface area contributed by atoms with E-state index in [0.717, 1.165) is 34.5 Å². The summed E-state index contributed by atoms with van der Waals surface area (Å²) in [7, 11) is 0. The maximum Gasteiger partial charge on any atom is 0.407 e. The van der Waals surface area contributed by atoms with Crippen LogP contribution in [0.3, 0.4) is 0 Å². The van der Waals surface area contributed by atoms with Crippen molar-refractivity contribution in [2.24, 2.45) is 9.98 Å². The Hall–Kier alpha value is -0.0300.